The maximum absolute atomic E-state index is 12.2. The van der Waals surface area contributed by atoms with Gasteiger partial charge in [-0.15, -0.1) is 0 Å². The van der Waals surface area contributed by atoms with Crippen molar-refractivity contribution >= 4 is 33.0 Å². The van der Waals surface area contributed by atoms with Gasteiger partial charge in [0.2, 0.25) is 0 Å². The fourth-order valence-electron chi connectivity index (χ4n) is 1.90. The predicted octanol–water partition coefficient (Wildman–Crippen LogP) is 2.39. The van der Waals surface area contributed by atoms with E-state index in [1.54, 1.807) is 33.9 Å². The third kappa shape index (κ3) is 2.09. The molecule has 7 heteroatoms. The van der Waals surface area contributed by atoms with Gasteiger partial charge in [-0.1, -0.05) is 0 Å². The monoisotopic (exact) mass is 333 g/mol. The molecule has 0 fully saturated rings. The molecule has 0 unspecified atom stereocenters. The van der Waals surface area contributed by atoms with Crippen molar-refractivity contribution in [2.24, 2.45) is 7.05 Å². The number of pyridine rings is 1. The van der Waals surface area contributed by atoms with Crippen LogP contribution in [0.3, 0.4) is 0 Å². The molecule has 0 radical (unpaired) electrons. The van der Waals surface area contributed by atoms with E-state index in [1.807, 2.05) is 20.0 Å². The lowest BCUT2D eigenvalue weighted by Gasteiger charge is -2.05. The molecule has 0 aromatic carbocycles. The van der Waals surface area contributed by atoms with Crippen LogP contribution in [0.15, 0.2) is 35.2 Å². The van der Waals surface area contributed by atoms with Crippen LogP contribution in [-0.2, 0) is 7.05 Å². The SMILES string of the molecule is Cc1c(NC(=O)c2ccc3c(Br)cnn3c2)cnn1C. The summed E-state index contributed by atoms with van der Waals surface area (Å²) in [6, 6.07) is 3.62. The Balaban J connectivity index is 1.90. The van der Waals surface area contributed by atoms with Gasteiger partial charge in [-0.25, -0.2) is 4.52 Å². The molecule has 102 valence electrons. The molecule has 6 nitrogen and oxygen atoms in total. The molecule has 0 bridgehead atoms. The van der Waals surface area contributed by atoms with E-state index in [0.717, 1.165) is 15.7 Å². The van der Waals surface area contributed by atoms with Crippen molar-refractivity contribution in [2.75, 3.05) is 5.32 Å². The van der Waals surface area contributed by atoms with E-state index < -0.39 is 0 Å². The highest BCUT2D eigenvalue weighted by Crippen LogP contribution is 2.19. The van der Waals surface area contributed by atoms with Gasteiger partial charge in [-0.3, -0.25) is 9.48 Å². The topological polar surface area (TPSA) is 64.2 Å². The van der Waals surface area contributed by atoms with E-state index in [0.29, 0.717) is 11.3 Å². The van der Waals surface area contributed by atoms with Crippen LogP contribution in [0.5, 0.6) is 0 Å². The third-order valence-electron chi connectivity index (χ3n) is 3.21. The van der Waals surface area contributed by atoms with E-state index in [9.17, 15) is 4.79 Å². The zero-order chi connectivity index (χ0) is 14.3. The Morgan fingerprint density at radius 2 is 2.10 bits per heavy atom. The molecule has 0 aliphatic rings. The van der Waals surface area contributed by atoms with Crippen molar-refractivity contribution in [1.29, 1.82) is 0 Å². The van der Waals surface area contributed by atoms with Gasteiger partial charge in [-0.05, 0) is 35.0 Å². The maximum Gasteiger partial charge on any atom is 0.257 e. The zero-order valence-electron chi connectivity index (χ0n) is 11.0. The summed E-state index contributed by atoms with van der Waals surface area (Å²) in [7, 11) is 1.83. The summed E-state index contributed by atoms with van der Waals surface area (Å²) in [5, 5.41) is 11.1. The highest BCUT2D eigenvalue weighted by Gasteiger charge is 2.11. The molecule has 0 saturated heterocycles. The molecule has 0 aliphatic heterocycles. The van der Waals surface area contributed by atoms with Crippen molar-refractivity contribution in [1.82, 2.24) is 19.4 Å². The Kier molecular flexibility index (Phi) is 3.06. The molecule has 3 aromatic heterocycles. The van der Waals surface area contributed by atoms with Crippen LogP contribution in [0, 0.1) is 6.92 Å². The normalized spacial score (nSPS) is 10.9. The fourth-order valence-corrected chi connectivity index (χ4v) is 2.31. The number of aromatic nitrogens is 4. The van der Waals surface area contributed by atoms with Gasteiger partial charge in [0.05, 0.1) is 39.3 Å². The molecule has 3 heterocycles. The number of hydrogen-bond donors (Lipinski definition) is 1. The minimum Gasteiger partial charge on any atom is -0.319 e. The van der Waals surface area contributed by atoms with Crippen molar-refractivity contribution in [3.63, 3.8) is 0 Å². The van der Waals surface area contributed by atoms with Gasteiger partial charge >= 0.3 is 0 Å². The highest BCUT2D eigenvalue weighted by atomic mass is 79.9. The predicted molar refractivity (Wildman–Crippen MR) is 78.8 cm³/mol. The average molecular weight is 334 g/mol. The van der Waals surface area contributed by atoms with Gasteiger partial charge in [0.25, 0.3) is 5.91 Å². The molecule has 1 N–H and O–H groups in total. The van der Waals surface area contributed by atoms with E-state index in [2.05, 4.69) is 31.4 Å². The number of carbonyl (C=O) groups excluding carboxylic acids is 1. The minimum atomic E-state index is -0.186. The van der Waals surface area contributed by atoms with Gasteiger partial charge in [-0.2, -0.15) is 10.2 Å². The molecule has 1 amide bonds. The summed E-state index contributed by atoms with van der Waals surface area (Å²) < 4.78 is 4.27. The summed E-state index contributed by atoms with van der Waals surface area (Å²) in [4.78, 5) is 12.2. The number of nitrogens with one attached hydrogen (secondary N) is 1. The summed E-state index contributed by atoms with van der Waals surface area (Å²) in [6.45, 7) is 1.90. The second kappa shape index (κ2) is 4.75. The number of nitrogens with zero attached hydrogens (tertiary/aromatic N) is 4. The van der Waals surface area contributed by atoms with Gasteiger partial charge in [0.1, 0.15) is 0 Å². The second-order valence-electron chi connectivity index (χ2n) is 4.46. The molecule has 3 rings (SSSR count). The van der Waals surface area contributed by atoms with E-state index in [-0.39, 0.29) is 5.91 Å². The first-order chi connectivity index (χ1) is 9.56. The van der Waals surface area contributed by atoms with Crippen LogP contribution in [-0.4, -0.2) is 25.3 Å². The van der Waals surface area contributed by atoms with Gasteiger partial charge in [0, 0.05) is 13.2 Å². The number of aryl methyl sites for hydroxylation is 1. The van der Waals surface area contributed by atoms with E-state index in [1.165, 1.54) is 0 Å². The molecule has 0 aliphatic carbocycles. The maximum atomic E-state index is 12.2. The van der Waals surface area contributed by atoms with Crippen LogP contribution in [0.4, 0.5) is 5.69 Å². The fraction of sp³-hybridized carbons (Fsp3) is 0.154. The molecule has 0 atom stereocenters. The molecule has 0 spiro atoms. The van der Waals surface area contributed by atoms with Crippen molar-refractivity contribution in [3.05, 3.63) is 46.5 Å². The number of fused-ring (bicyclic) bond motifs is 1. The van der Waals surface area contributed by atoms with Crippen LogP contribution >= 0.6 is 15.9 Å². The number of rotatable bonds is 2. The largest absolute Gasteiger partial charge is 0.319 e. The third-order valence-corrected chi connectivity index (χ3v) is 3.83. The molecule has 0 saturated carbocycles. The lowest BCUT2D eigenvalue weighted by molar-refractivity contribution is 0.102. The quantitative estimate of drug-likeness (QED) is 0.783. The van der Waals surface area contributed by atoms with Crippen LogP contribution < -0.4 is 5.32 Å². The standard InChI is InChI=1S/C13H12BrN5O/c1-8-11(6-15-18(8)2)17-13(20)9-3-4-12-10(14)5-16-19(12)7-9/h3-7H,1-2H3,(H,17,20). The Labute approximate surface area is 123 Å². The molecule has 3 aromatic rings. The van der Waals surface area contributed by atoms with Crippen molar-refractivity contribution in [2.45, 2.75) is 6.92 Å². The number of hydrogen-bond acceptors (Lipinski definition) is 3. The second-order valence-corrected chi connectivity index (χ2v) is 5.32. The summed E-state index contributed by atoms with van der Waals surface area (Å²) in [6.07, 6.45) is 5.03. The van der Waals surface area contributed by atoms with Crippen LogP contribution in [0.1, 0.15) is 16.1 Å². The van der Waals surface area contributed by atoms with Crippen LogP contribution in [0.25, 0.3) is 5.52 Å². The number of amides is 1. The number of carbonyl (C=O) groups is 1. The van der Waals surface area contributed by atoms with Crippen molar-refractivity contribution in [3.8, 4) is 0 Å². The Morgan fingerprint density at radius 3 is 2.80 bits per heavy atom. The summed E-state index contributed by atoms with van der Waals surface area (Å²) in [5.74, 6) is -0.186. The average Bonchev–Trinajstić information content (AvgIpc) is 2.96. The summed E-state index contributed by atoms with van der Waals surface area (Å²) >= 11 is 3.40. The first kappa shape index (κ1) is 12.9. The smallest absolute Gasteiger partial charge is 0.257 e. The lowest BCUT2D eigenvalue weighted by Crippen LogP contribution is -2.13. The number of anilines is 1. The first-order valence-corrected chi connectivity index (χ1v) is 6.78. The van der Waals surface area contributed by atoms with Gasteiger partial charge < -0.3 is 5.32 Å². The van der Waals surface area contributed by atoms with Crippen LogP contribution in [0.2, 0.25) is 0 Å². The Morgan fingerprint density at radius 1 is 1.30 bits per heavy atom. The molecule has 20 heavy (non-hydrogen) atoms. The Hall–Kier alpha value is -2.15. The van der Waals surface area contributed by atoms with E-state index >= 15 is 0 Å². The Bertz CT molecular complexity index is 804. The van der Waals surface area contributed by atoms with Gasteiger partial charge in [0.15, 0.2) is 0 Å². The zero-order valence-corrected chi connectivity index (χ0v) is 12.5. The molecular formula is C13H12BrN5O. The highest BCUT2D eigenvalue weighted by molar-refractivity contribution is 9.10. The minimum absolute atomic E-state index is 0.186. The van der Waals surface area contributed by atoms with E-state index in [4.69, 9.17) is 0 Å². The van der Waals surface area contributed by atoms with Crippen molar-refractivity contribution < 1.29 is 4.79 Å². The molecular weight excluding hydrogens is 322 g/mol. The lowest BCUT2D eigenvalue weighted by atomic mass is 10.2. The first-order valence-electron chi connectivity index (χ1n) is 5.99. The number of halogens is 1. The summed E-state index contributed by atoms with van der Waals surface area (Å²) in [5.41, 5.74) is 3.07.